The first kappa shape index (κ1) is 10.2. The molecule has 2 aliphatic rings. The number of amides is 1. The summed E-state index contributed by atoms with van der Waals surface area (Å²) in [6.07, 6.45) is 4.96. The van der Waals surface area contributed by atoms with E-state index in [1.54, 1.807) is 12.2 Å². The monoisotopic (exact) mass is 220 g/mol. The largest absolute Gasteiger partial charge is 0.477 e. The van der Waals surface area contributed by atoms with Gasteiger partial charge >= 0.3 is 12.1 Å². The molecule has 2 heterocycles. The first-order valence-electron chi connectivity index (χ1n) is 4.50. The predicted molar refractivity (Wildman–Crippen MR) is 55.1 cm³/mol. The van der Waals surface area contributed by atoms with Crippen molar-refractivity contribution in [1.29, 1.82) is 0 Å². The van der Waals surface area contributed by atoms with Crippen molar-refractivity contribution in [2.24, 2.45) is 4.99 Å². The van der Waals surface area contributed by atoms with Crippen LogP contribution in [-0.4, -0.2) is 39.9 Å². The lowest BCUT2D eigenvalue weighted by molar-refractivity contribution is -0.132. The Morgan fingerprint density at radius 2 is 2.12 bits per heavy atom. The van der Waals surface area contributed by atoms with E-state index in [2.05, 4.69) is 4.99 Å². The molecule has 16 heavy (non-hydrogen) atoms. The van der Waals surface area contributed by atoms with E-state index in [0.29, 0.717) is 11.3 Å². The van der Waals surface area contributed by atoms with Gasteiger partial charge < -0.3 is 10.2 Å². The molecule has 0 radical (unpaired) electrons. The fourth-order valence-electron chi connectivity index (χ4n) is 1.51. The Kier molecular flexibility index (Phi) is 2.32. The number of allylic oxidation sites excluding steroid dienone is 3. The summed E-state index contributed by atoms with van der Waals surface area (Å²) in [6.45, 7) is 0.276. The van der Waals surface area contributed by atoms with Crippen LogP contribution in [0.3, 0.4) is 0 Å². The number of carboxylic acids is 1. The van der Waals surface area contributed by atoms with Crippen molar-refractivity contribution in [3.8, 4) is 0 Å². The first-order valence-corrected chi connectivity index (χ1v) is 4.50. The zero-order valence-electron chi connectivity index (χ0n) is 8.12. The highest BCUT2D eigenvalue weighted by molar-refractivity contribution is 5.99. The molecule has 0 unspecified atom stereocenters. The van der Waals surface area contributed by atoms with E-state index in [1.165, 1.54) is 12.3 Å². The summed E-state index contributed by atoms with van der Waals surface area (Å²) in [5.41, 5.74) is 0.856. The minimum absolute atomic E-state index is 0.0897. The zero-order valence-corrected chi connectivity index (χ0v) is 8.12. The molecule has 0 aromatic carbocycles. The van der Waals surface area contributed by atoms with Gasteiger partial charge in [0.05, 0.1) is 5.70 Å². The highest BCUT2D eigenvalue weighted by Crippen LogP contribution is 2.22. The summed E-state index contributed by atoms with van der Waals surface area (Å²) < 4.78 is 0. The Hall–Kier alpha value is -2.37. The van der Waals surface area contributed by atoms with Crippen LogP contribution in [0.5, 0.6) is 0 Å². The minimum Gasteiger partial charge on any atom is -0.477 e. The van der Waals surface area contributed by atoms with E-state index in [1.807, 2.05) is 0 Å². The number of hydrogen-bond acceptors (Lipinski definition) is 3. The molecule has 0 aliphatic carbocycles. The van der Waals surface area contributed by atoms with Crippen LogP contribution in [0, 0.1) is 0 Å². The summed E-state index contributed by atoms with van der Waals surface area (Å²) >= 11 is 0. The molecule has 0 aromatic heterocycles. The molecule has 0 fully saturated rings. The van der Waals surface area contributed by atoms with Gasteiger partial charge in [-0.05, 0) is 12.2 Å². The van der Waals surface area contributed by atoms with E-state index < -0.39 is 12.1 Å². The summed E-state index contributed by atoms with van der Waals surface area (Å²) in [4.78, 5) is 26.3. The number of aliphatic carboxylic acids is 1. The maximum Gasteiger partial charge on any atom is 0.412 e. The lowest BCUT2D eigenvalue weighted by Gasteiger charge is -2.14. The first-order chi connectivity index (χ1) is 7.59. The van der Waals surface area contributed by atoms with E-state index in [-0.39, 0.29) is 12.2 Å². The van der Waals surface area contributed by atoms with Crippen molar-refractivity contribution >= 4 is 18.3 Å². The fourth-order valence-corrected chi connectivity index (χ4v) is 1.51. The minimum atomic E-state index is -1.13. The van der Waals surface area contributed by atoms with Crippen LogP contribution in [-0.2, 0) is 4.79 Å². The zero-order chi connectivity index (χ0) is 11.7. The van der Waals surface area contributed by atoms with Crippen LogP contribution < -0.4 is 0 Å². The standard InChI is InChI=1S/C10H8N2O4/c13-9(14)7-4-6(5-11-7)8-2-1-3-12(8)10(15)16/h1-2,4-5H,3H2,(H,13,14)(H,15,16). The van der Waals surface area contributed by atoms with Crippen LogP contribution >= 0.6 is 0 Å². The van der Waals surface area contributed by atoms with Crippen LogP contribution in [0.4, 0.5) is 4.79 Å². The lowest BCUT2D eigenvalue weighted by atomic mass is 10.2. The quantitative estimate of drug-likeness (QED) is 0.685. The highest BCUT2D eigenvalue weighted by atomic mass is 16.4. The van der Waals surface area contributed by atoms with Crippen molar-refractivity contribution < 1.29 is 19.8 Å². The van der Waals surface area contributed by atoms with E-state index in [0.717, 1.165) is 4.90 Å². The van der Waals surface area contributed by atoms with Gasteiger partial charge in [-0.15, -0.1) is 0 Å². The maximum atomic E-state index is 10.9. The molecule has 0 atom stereocenters. The third-order valence-corrected chi connectivity index (χ3v) is 2.24. The Morgan fingerprint density at radius 1 is 1.38 bits per heavy atom. The molecule has 0 aromatic rings. The molecule has 1 amide bonds. The maximum absolute atomic E-state index is 10.9. The van der Waals surface area contributed by atoms with Gasteiger partial charge in [-0.1, -0.05) is 6.08 Å². The number of aliphatic imine (C=N–C) groups is 1. The van der Waals surface area contributed by atoms with Gasteiger partial charge in [-0.3, -0.25) is 4.90 Å². The van der Waals surface area contributed by atoms with E-state index in [9.17, 15) is 9.59 Å². The number of carboxylic acid groups (broad SMARTS) is 2. The number of hydrogen-bond donors (Lipinski definition) is 2. The molecule has 0 saturated heterocycles. The molecular weight excluding hydrogens is 212 g/mol. The highest BCUT2D eigenvalue weighted by Gasteiger charge is 2.23. The van der Waals surface area contributed by atoms with Gasteiger partial charge in [0.1, 0.15) is 5.70 Å². The number of rotatable bonds is 1. The average Bonchev–Trinajstić information content (AvgIpc) is 2.86. The number of nitrogens with zero attached hydrogens (tertiary/aromatic N) is 2. The van der Waals surface area contributed by atoms with Gasteiger partial charge in [0, 0.05) is 18.3 Å². The molecule has 82 valence electrons. The van der Waals surface area contributed by atoms with Gasteiger partial charge in [0.25, 0.3) is 0 Å². The second-order valence-corrected chi connectivity index (χ2v) is 3.23. The second kappa shape index (κ2) is 3.65. The molecule has 2 N–H and O–H groups in total. The third-order valence-electron chi connectivity index (χ3n) is 2.24. The predicted octanol–water partition coefficient (Wildman–Crippen LogP) is 0.843. The van der Waals surface area contributed by atoms with Gasteiger partial charge in [-0.2, -0.15) is 0 Å². The molecule has 0 bridgehead atoms. The molecule has 6 nitrogen and oxygen atoms in total. The molecule has 0 saturated carbocycles. The van der Waals surface area contributed by atoms with Crippen molar-refractivity contribution in [3.63, 3.8) is 0 Å². The van der Waals surface area contributed by atoms with Gasteiger partial charge in [0.15, 0.2) is 0 Å². The summed E-state index contributed by atoms with van der Waals surface area (Å²) in [6, 6.07) is 0. The van der Waals surface area contributed by atoms with Crippen LogP contribution in [0.25, 0.3) is 0 Å². The Bertz CT molecular complexity index is 485. The SMILES string of the molecule is O=C(O)C1=CC(=C2C=CCN2C(=O)O)C=N1. The third kappa shape index (κ3) is 1.60. The van der Waals surface area contributed by atoms with Crippen molar-refractivity contribution in [1.82, 2.24) is 4.90 Å². The van der Waals surface area contributed by atoms with E-state index in [4.69, 9.17) is 10.2 Å². The Labute approximate surface area is 90.5 Å². The Morgan fingerprint density at radius 3 is 2.69 bits per heavy atom. The smallest absolute Gasteiger partial charge is 0.412 e. The normalized spacial score (nSPS) is 22.8. The van der Waals surface area contributed by atoms with Crippen molar-refractivity contribution in [2.45, 2.75) is 0 Å². The molecule has 6 heteroatoms. The van der Waals surface area contributed by atoms with E-state index >= 15 is 0 Å². The topological polar surface area (TPSA) is 90.2 Å². The van der Waals surface area contributed by atoms with Gasteiger partial charge in [-0.25, -0.2) is 14.6 Å². The fraction of sp³-hybridized carbons (Fsp3) is 0.100. The van der Waals surface area contributed by atoms with Crippen LogP contribution in [0.1, 0.15) is 0 Å². The molecule has 2 rings (SSSR count). The van der Waals surface area contributed by atoms with Gasteiger partial charge in [0.2, 0.25) is 0 Å². The number of carbonyl (C=O) groups is 2. The van der Waals surface area contributed by atoms with Crippen molar-refractivity contribution in [2.75, 3.05) is 6.54 Å². The Balaban J connectivity index is 2.37. The van der Waals surface area contributed by atoms with Crippen LogP contribution in [0.2, 0.25) is 0 Å². The second-order valence-electron chi connectivity index (χ2n) is 3.23. The molecular formula is C10H8N2O4. The molecule has 2 aliphatic heterocycles. The average molecular weight is 220 g/mol. The summed E-state index contributed by atoms with van der Waals surface area (Å²) in [5.74, 6) is -1.13. The summed E-state index contributed by atoms with van der Waals surface area (Å²) in [5, 5.41) is 17.6. The lowest BCUT2D eigenvalue weighted by Crippen LogP contribution is -2.25. The summed E-state index contributed by atoms with van der Waals surface area (Å²) in [7, 11) is 0. The molecule has 0 spiro atoms. The van der Waals surface area contributed by atoms with Crippen molar-refractivity contribution in [3.05, 3.63) is 35.2 Å². The van der Waals surface area contributed by atoms with Crippen LogP contribution in [0.15, 0.2) is 40.2 Å².